The number of ether oxygens (including phenoxy) is 2. The van der Waals surface area contributed by atoms with Gasteiger partial charge in [-0.15, -0.1) is 0 Å². The van der Waals surface area contributed by atoms with Crippen molar-refractivity contribution >= 4 is 29.4 Å². The van der Waals surface area contributed by atoms with Gasteiger partial charge in [-0.25, -0.2) is 4.79 Å². The summed E-state index contributed by atoms with van der Waals surface area (Å²) in [6.45, 7) is 2.53. The third-order valence-electron chi connectivity index (χ3n) is 3.64. The average Bonchev–Trinajstić information content (AvgIpc) is 2.70. The van der Waals surface area contributed by atoms with Gasteiger partial charge < -0.3 is 20.1 Å². The number of benzene rings is 2. The molecule has 0 spiro atoms. The van der Waals surface area contributed by atoms with Gasteiger partial charge in [-0.2, -0.15) is 0 Å². The van der Waals surface area contributed by atoms with Crippen LogP contribution < -0.4 is 15.4 Å². The fourth-order valence-electron chi connectivity index (χ4n) is 2.36. The van der Waals surface area contributed by atoms with Gasteiger partial charge in [0.05, 0.1) is 11.6 Å². The van der Waals surface area contributed by atoms with E-state index in [-0.39, 0.29) is 18.5 Å². The van der Waals surface area contributed by atoms with Gasteiger partial charge >= 0.3 is 5.97 Å². The predicted octanol–water partition coefficient (Wildman–Crippen LogP) is 2.57. The minimum absolute atomic E-state index is 0.0250. The molecule has 7 nitrogen and oxygen atoms in total. The molecule has 2 aromatic rings. The van der Waals surface area contributed by atoms with Crippen LogP contribution in [0.3, 0.4) is 0 Å². The van der Waals surface area contributed by atoms with Gasteiger partial charge in [0.15, 0.2) is 13.2 Å². The number of hydrogen-bond donors (Lipinski definition) is 2. The molecule has 2 N–H and O–H groups in total. The molecule has 0 bridgehead atoms. The molecule has 0 aliphatic rings. The van der Waals surface area contributed by atoms with Crippen LogP contribution in [0.4, 0.5) is 0 Å². The van der Waals surface area contributed by atoms with E-state index < -0.39 is 25.1 Å². The van der Waals surface area contributed by atoms with E-state index in [1.165, 1.54) is 0 Å². The summed E-state index contributed by atoms with van der Waals surface area (Å²) in [6.07, 6.45) is 0. The molecular weight excluding hydrogens is 396 g/mol. The Hall–Kier alpha value is -3.06. The van der Waals surface area contributed by atoms with Crippen molar-refractivity contribution in [2.45, 2.75) is 19.9 Å². The number of carbonyl (C=O) groups excluding carboxylic acids is 3. The SMILES string of the molecule is CC(C)NC(=O)CNC(=O)COC(=O)COc1ccc(-c2ccccc2)cc1Cl. The zero-order valence-corrected chi connectivity index (χ0v) is 17.0. The zero-order chi connectivity index (χ0) is 21.2. The van der Waals surface area contributed by atoms with Crippen LogP contribution in [-0.4, -0.2) is 43.6 Å². The maximum Gasteiger partial charge on any atom is 0.344 e. The van der Waals surface area contributed by atoms with E-state index in [1.807, 2.05) is 50.2 Å². The van der Waals surface area contributed by atoms with Crippen molar-refractivity contribution in [2.75, 3.05) is 19.8 Å². The highest BCUT2D eigenvalue weighted by Crippen LogP contribution is 2.30. The summed E-state index contributed by atoms with van der Waals surface area (Å²) in [5, 5.41) is 5.34. The van der Waals surface area contributed by atoms with Crippen molar-refractivity contribution in [1.29, 1.82) is 0 Å². The molecule has 0 heterocycles. The first-order valence-electron chi connectivity index (χ1n) is 9.04. The Labute approximate surface area is 174 Å². The summed E-state index contributed by atoms with van der Waals surface area (Å²) in [5.41, 5.74) is 1.93. The van der Waals surface area contributed by atoms with Crippen LogP contribution in [0, 0.1) is 0 Å². The minimum Gasteiger partial charge on any atom is -0.480 e. The highest BCUT2D eigenvalue weighted by Gasteiger charge is 2.12. The van der Waals surface area contributed by atoms with E-state index in [0.29, 0.717) is 10.8 Å². The van der Waals surface area contributed by atoms with Crippen LogP contribution in [0.15, 0.2) is 48.5 Å². The Kier molecular flexibility index (Phi) is 8.48. The highest BCUT2D eigenvalue weighted by atomic mass is 35.5. The molecule has 0 saturated heterocycles. The molecule has 2 rings (SSSR count). The lowest BCUT2D eigenvalue weighted by Crippen LogP contribution is -2.41. The molecule has 29 heavy (non-hydrogen) atoms. The van der Waals surface area contributed by atoms with Crippen molar-refractivity contribution < 1.29 is 23.9 Å². The first-order chi connectivity index (χ1) is 13.8. The number of esters is 1. The molecule has 154 valence electrons. The predicted molar refractivity (Wildman–Crippen MR) is 110 cm³/mol. The number of nitrogens with one attached hydrogen (secondary N) is 2. The number of rotatable bonds is 9. The molecule has 0 radical (unpaired) electrons. The summed E-state index contributed by atoms with van der Waals surface area (Å²) in [5.74, 6) is -1.30. The largest absolute Gasteiger partial charge is 0.480 e. The molecule has 0 atom stereocenters. The molecule has 0 aromatic heterocycles. The molecular formula is C21H23ClN2O5. The maximum atomic E-state index is 11.8. The van der Waals surface area contributed by atoms with Crippen molar-refractivity contribution in [3.8, 4) is 16.9 Å². The Morgan fingerprint density at radius 2 is 1.69 bits per heavy atom. The van der Waals surface area contributed by atoms with E-state index in [4.69, 9.17) is 21.1 Å². The Bertz CT molecular complexity index is 855. The quantitative estimate of drug-likeness (QED) is 0.610. The second-order valence-electron chi connectivity index (χ2n) is 6.46. The van der Waals surface area contributed by atoms with Gasteiger partial charge in [0.25, 0.3) is 5.91 Å². The monoisotopic (exact) mass is 418 g/mol. The van der Waals surface area contributed by atoms with Crippen LogP contribution in [0.1, 0.15) is 13.8 Å². The van der Waals surface area contributed by atoms with Crippen molar-refractivity contribution in [3.05, 3.63) is 53.6 Å². The summed E-state index contributed by atoms with van der Waals surface area (Å²) >= 11 is 6.22. The van der Waals surface area contributed by atoms with Crippen LogP contribution >= 0.6 is 11.6 Å². The Morgan fingerprint density at radius 3 is 2.34 bits per heavy atom. The minimum atomic E-state index is -0.727. The van der Waals surface area contributed by atoms with Gasteiger partial charge in [-0.1, -0.05) is 48.0 Å². The van der Waals surface area contributed by atoms with Crippen LogP contribution in [-0.2, 0) is 19.1 Å². The second-order valence-corrected chi connectivity index (χ2v) is 6.87. The van der Waals surface area contributed by atoms with Crippen molar-refractivity contribution in [2.24, 2.45) is 0 Å². The highest BCUT2D eigenvalue weighted by molar-refractivity contribution is 6.32. The maximum absolute atomic E-state index is 11.8. The lowest BCUT2D eigenvalue weighted by Gasteiger charge is -2.11. The molecule has 0 saturated carbocycles. The first kappa shape index (κ1) is 22.2. The molecule has 8 heteroatoms. The summed E-state index contributed by atoms with van der Waals surface area (Å²) in [7, 11) is 0. The second kappa shape index (κ2) is 11.1. The lowest BCUT2D eigenvalue weighted by atomic mass is 10.1. The topological polar surface area (TPSA) is 93.7 Å². The molecule has 0 aliphatic heterocycles. The number of amides is 2. The third-order valence-corrected chi connectivity index (χ3v) is 3.94. The zero-order valence-electron chi connectivity index (χ0n) is 16.2. The fraction of sp³-hybridized carbons (Fsp3) is 0.286. The van der Waals surface area contributed by atoms with E-state index in [9.17, 15) is 14.4 Å². The fourth-order valence-corrected chi connectivity index (χ4v) is 2.59. The lowest BCUT2D eigenvalue weighted by molar-refractivity contribution is -0.150. The van der Waals surface area contributed by atoms with Crippen molar-refractivity contribution in [1.82, 2.24) is 10.6 Å². The van der Waals surface area contributed by atoms with Gasteiger partial charge in [-0.05, 0) is 37.1 Å². The summed E-state index contributed by atoms with van der Waals surface area (Å²) in [6, 6.07) is 14.9. The average molecular weight is 419 g/mol. The van der Waals surface area contributed by atoms with E-state index in [2.05, 4.69) is 10.6 Å². The molecule has 0 fully saturated rings. The Morgan fingerprint density at radius 1 is 0.966 bits per heavy atom. The van der Waals surface area contributed by atoms with E-state index in [1.54, 1.807) is 12.1 Å². The van der Waals surface area contributed by atoms with Crippen LogP contribution in [0.2, 0.25) is 5.02 Å². The summed E-state index contributed by atoms with van der Waals surface area (Å²) < 4.78 is 10.2. The van der Waals surface area contributed by atoms with Crippen molar-refractivity contribution in [3.63, 3.8) is 0 Å². The smallest absolute Gasteiger partial charge is 0.344 e. The molecule has 0 unspecified atom stereocenters. The molecule has 2 aromatic carbocycles. The van der Waals surface area contributed by atoms with Gasteiger partial charge in [-0.3, -0.25) is 9.59 Å². The Balaban J connectivity index is 1.75. The number of hydrogen-bond acceptors (Lipinski definition) is 5. The van der Waals surface area contributed by atoms with Gasteiger partial charge in [0.2, 0.25) is 5.91 Å². The summed E-state index contributed by atoms with van der Waals surface area (Å²) in [4.78, 5) is 34.8. The van der Waals surface area contributed by atoms with Crippen LogP contribution in [0.25, 0.3) is 11.1 Å². The normalized spacial score (nSPS) is 10.3. The number of halogens is 1. The third kappa shape index (κ3) is 7.83. The van der Waals surface area contributed by atoms with E-state index in [0.717, 1.165) is 11.1 Å². The van der Waals surface area contributed by atoms with Gasteiger partial charge in [0, 0.05) is 6.04 Å². The van der Waals surface area contributed by atoms with Crippen LogP contribution in [0.5, 0.6) is 5.75 Å². The standard InChI is InChI=1S/C21H23ClN2O5/c1-14(2)24-19(25)11-23-20(26)12-29-21(27)13-28-18-9-8-16(10-17(18)22)15-6-4-3-5-7-15/h3-10,14H,11-13H2,1-2H3,(H,23,26)(H,24,25). The number of carbonyl (C=O) groups is 3. The van der Waals surface area contributed by atoms with E-state index >= 15 is 0 Å². The first-order valence-corrected chi connectivity index (χ1v) is 9.42. The molecule has 2 amide bonds. The molecule has 0 aliphatic carbocycles. The van der Waals surface area contributed by atoms with Gasteiger partial charge in [0.1, 0.15) is 5.75 Å².